The zero-order valence-electron chi connectivity index (χ0n) is 11.6. The van der Waals surface area contributed by atoms with E-state index in [-0.39, 0.29) is 11.9 Å². The van der Waals surface area contributed by atoms with Crippen molar-refractivity contribution < 1.29 is 13.9 Å². The van der Waals surface area contributed by atoms with Crippen LogP contribution in [0.2, 0.25) is 0 Å². The number of nitrogens with two attached hydrogens (primary N) is 1. The molecule has 0 aliphatic carbocycles. The van der Waals surface area contributed by atoms with Gasteiger partial charge in [-0.15, -0.1) is 0 Å². The smallest absolute Gasteiger partial charge is 0.255 e. The number of methoxy groups -OCH3 is 1. The Morgan fingerprint density at radius 2 is 2.25 bits per heavy atom. The number of hydrogen-bond acceptors (Lipinski definition) is 5. The number of nitrogens with zero attached hydrogens (tertiary/aromatic N) is 1. The van der Waals surface area contributed by atoms with Gasteiger partial charge in [-0.05, 0) is 26.0 Å². The summed E-state index contributed by atoms with van der Waals surface area (Å²) in [7, 11) is 1.49. The lowest BCUT2D eigenvalue weighted by molar-refractivity contribution is 0.0931. The highest BCUT2D eigenvalue weighted by molar-refractivity contribution is 5.97. The Bertz CT molecular complexity index is 622. The lowest BCUT2D eigenvalue weighted by Gasteiger charge is -2.13. The van der Waals surface area contributed by atoms with Crippen LogP contribution in [-0.4, -0.2) is 18.0 Å². The third-order valence-corrected chi connectivity index (χ3v) is 2.83. The van der Waals surface area contributed by atoms with Crippen LogP contribution in [0.15, 0.2) is 28.8 Å². The Morgan fingerprint density at radius 1 is 1.50 bits per heavy atom. The Morgan fingerprint density at radius 3 is 2.85 bits per heavy atom. The molecule has 0 radical (unpaired) electrons. The maximum Gasteiger partial charge on any atom is 0.255 e. The van der Waals surface area contributed by atoms with Crippen LogP contribution in [0.5, 0.6) is 5.75 Å². The van der Waals surface area contributed by atoms with Gasteiger partial charge in [0.05, 0.1) is 18.9 Å². The van der Waals surface area contributed by atoms with Crippen LogP contribution in [0.1, 0.15) is 35.0 Å². The minimum Gasteiger partial charge on any atom is -0.496 e. The van der Waals surface area contributed by atoms with Crippen LogP contribution >= 0.6 is 0 Å². The second kappa shape index (κ2) is 5.64. The molecule has 1 atom stereocenters. The van der Waals surface area contributed by atoms with Crippen molar-refractivity contribution in [1.29, 1.82) is 0 Å². The number of carbonyl (C=O) groups excluding carboxylic acids is 1. The number of rotatable bonds is 4. The highest BCUT2D eigenvalue weighted by atomic mass is 16.5. The highest BCUT2D eigenvalue weighted by Gasteiger charge is 2.18. The van der Waals surface area contributed by atoms with Crippen LogP contribution in [0.3, 0.4) is 0 Å². The van der Waals surface area contributed by atoms with Gasteiger partial charge in [0.1, 0.15) is 17.6 Å². The predicted molar refractivity (Wildman–Crippen MR) is 74.5 cm³/mol. The summed E-state index contributed by atoms with van der Waals surface area (Å²) in [6, 6.07) is 4.54. The molecule has 1 aromatic carbocycles. The van der Waals surface area contributed by atoms with Gasteiger partial charge in [-0.1, -0.05) is 0 Å². The molecule has 0 aliphatic heterocycles. The third-order valence-electron chi connectivity index (χ3n) is 2.83. The second-order valence-electron chi connectivity index (χ2n) is 4.46. The maximum absolute atomic E-state index is 12.2. The average molecular weight is 275 g/mol. The fraction of sp³-hybridized carbons (Fsp3) is 0.286. The van der Waals surface area contributed by atoms with E-state index in [1.165, 1.54) is 7.11 Å². The quantitative estimate of drug-likeness (QED) is 0.833. The summed E-state index contributed by atoms with van der Waals surface area (Å²) in [6.45, 7) is 3.60. The molecular weight excluding hydrogens is 258 g/mol. The molecule has 0 spiro atoms. The van der Waals surface area contributed by atoms with E-state index < -0.39 is 0 Å². The molecule has 3 N–H and O–H groups in total. The summed E-state index contributed by atoms with van der Waals surface area (Å²) in [5, 5.41) is 2.80. The van der Waals surface area contributed by atoms with Gasteiger partial charge >= 0.3 is 0 Å². The number of hydrogen-bond donors (Lipinski definition) is 2. The number of aryl methyl sites for hydroxylation is 1. The number of ether oxygens (including phenoxy) is 1. The number of amides is 1. The highest BCUT2D eigenvalue weighted by Crippen LogP contribution is 2.22. The van der Waals surface area contributed by atoms with Crippen LogP contribution in [0, 0.1) is 6.92 Å². The Labute approximate surface area is 116 Å². The van der Waals surface area contributed by atoms with E-state index in [0.717, 1.165) is 0 Å². The Kier molecular flexibility index (Phi) is 3.93. The van der Waals surface area contributed by atoms with Crippen molar-refractivity contribution in [3.05, 3.63) is 41.6 Å². The van der Waals surface area contributed by atoms with E-state index in [0.29, 0.717) is 28.7 Å². The monoisotopic (exact) mass is 275 g/mol. The zero-order chi connectivity index (χ0) is 14.7. The summed E-state index contributed by atoms with van der Waals surface area (Å²) >= 11 is 0. The largest absolute Gasteiger partial charge is 0.496 e. The fourth-order valence-electron chi connectivity index (χ4n) is 1.80. The summed E-state index contributed by atoms with van der Waals surface area (Å²) in [5.41, 5.74) is 6.61. The summed E-state index contributed by atoms with van der Waals surface area (Å²) in [6.07, 6.45) is 1.61. The molecule has 1 aromatic heterocycles. The molecule has 1 unspecified atom stereocenters. The van der Waals surface area contributed by atoms with Crippen molar-refractivity contribution in [2.45, 2.75) is 19.9 Å². The molecule has 2 aromatic rings. The van der Waals surface area contributed by atoms with Crippen LogP contribution in [0.25, 0.3) is 0 Å². The molecular formula is C14H17N3O3. The minimum absolute atomic E-state index is 0.273. The Balaban J connectivity index is 2.16. The maximum atomic E-state index is 12.2. The minimum atomic E-state index is -0.335. The molecule has 2 rings (SSSR count). The van der Waals surface area contributed by atoms with E-state index in [2.05, 4.69) is 10.3 Å². The van der Waals surface area contributed by atoms with Gasteiger partial charge in [0.15, 0.2) is 0 Å². The average Bonchev–Trinajstić information content (AvgIpc) is 2.85. The van der Waals surface area contributed by atoms with Crippen molar-refractivity contribution in [3.8, 4) is 5.75 Å². The number of nitrogens with one attached hydrogen (secondary N) is 1. The lowest BCUT2D eigenvalue weighted by atomic mass is 10.1. The topological polar surface area (TPSA) is 90.4 Å². The van der Waals surface area contributed by atoms with Gasteiger partial charge in [-0.2, -0.15) is 0 Å². The van der Waals surface area contributed by atoms with Crippen molar-refractivity contribution >= 4 is 11.6 Å². The zero-order valence-corrected chi connectivity index (χ0v) is 11.6. The molecule has 0 bridgehead atoms. The molecule has 6 heteroatoms. The van der Waals surface area contributed by atoms with Gasteiger partial charge in [0.25, 0.3) is 5.91 Å². The van der Waals surface area contributed by atoms with E-state index in [9.17, 15) is 4.79 Å². The molecule has 106 valence electrons. The van der Waals surface area contributed by atoms with Gasteiger partial charge in [0, 0.05) is 11.8 Å². The van der Waals surface area contributed by atoms with Crippen molar-refractivity contribution in [2.75, 3.05) is 12.8 Å². The van der Waals surface area contributed by atoms with Crippen LogP contribution in [-0.2, 0) is 0 Å². The van der Waals surface area contributed by atoms with E-state index in [4.69, 9.17) is 14.9 Å². The summed E-state index contributed by atoms with van der Waals surface area (Å²) in [5.74, 6) is 1.32. The number of aromatic nitrogens is 1. The van der Waals surface area contributed by atoms with E-state index >= 15 is 0 Å². The van der Waals surface area contributed by atoms with Gasteiger partial charge < -0.3 is 20.2 Å². The van der Waals surface area contributed by atoms with E-state index in [1.807, 2.05) is 0 Å². The first-order valence-corrected chi connectivity index (χ1v) is 6.18. The number of anilines is 1. The summed E-state index contributed by atoms with van der Waals surface area (Å²) in [4.78, 5) is 16.3. The van der Waals surface area contributed by atoms with Crippen molar-refractivity contribution in [3.63, 3.8) is 0 Å². The number of nitrogen functional groups attached to an aromatic ring is 1. The number of benzene rings is 1. The van der Waals surface area contributed by atoms with Gasteiger partial charge in [-0.25, -0.2) is 4.98 Å². The second-order valence-corrected chi connectivity index (χ2v) is 4.46. The standard InChI is InChI=1S/C14H17N3O3/c1-8-7-16-14(20-8)9(2)17-13(18)11-5-4-10(15)6-12(11)19-3/h4-7,9H,15H2,1-3H3,(H,17,18). The molecule has 1 amide bonds. The van der Waals surface area contributed by atoms with Crippen LogP contribution < -0.4 is 15.8 Å². The molecule has 0 saturated carbocycles. The normalized spacial score (nSPS) is 11.9. The number of oxazole rings is 1. The molecule has 0 aliphatic rings. The first kappa shape index (κ1) is 13.9. The van der Waals surface area contributed by atoms with E-state index in [1.54, 1.807) is 38.2 Å². The van der Waals surface area contributed by atoms with Crippen molar-refractivity contribution in [2.24, 2.45) is 0 Å². The first-order valence-electron chi connectivity index (χ1n) is 6.18. The third kappa shape index (κ3) is 2.90. The SMILES string of the molecule is COc1cc(N)ccc1C(=O)NC(C)c1ncc(C)o1. The predicted octanol–water partition coefficient (Wildman–Crippen LogP) is 2.06. The molecule has 20 heavy (non-hydrogen) atoms. The fourth-order valence-corrected chi connectivity index (χ4v) is 1.80. The molecule has 0 saturated heterocycles. The van der Waals surface area contributed by atoms with Crippen molar-refractivity contribution in [1.82, 2.24) is 10.3 Å². The molecule has 1 heterocycles. The summed E-state index contributed by atoms with van der Waals surface area (Å²) < 4.78 is 10.5. The lowest BCUT2D eigenvalue weighted by Crippen LogP contribution is -2.27. The molecule has 0 fully saturated rings. The Hall–Kier alpha value is -2.50. The number of carbonyl (C=O) groups is 1. The first-order chi connectivity index (χ1) is 9.51. The molecule has 6 nitrogen and oxygen atoms in total. The van der Waals surface area contributed by atoms with Crippen LogP contribution in [0.4, 0.5) is 5.69 Å². The van der Waals surface area contributed by atoms with Gasteiger partial charge in [-0.3, -0.25) is 4.79 Å². The van der Waals surface area contributed by atoms with Gasteiger partial charge in [0.2, 0.25) is 5.89 Å².